The van der Waals surface area contributed by atoms with Crippen molar-refractivity contribution < 1.29 is 14.3 Å². The molecule has 31 heavy (non-hydrogen) atoms. The number of rotatable bonds is 6. The second-order valence-electron chi connectivity index (χ2n) is 6.60. The van der Waals surface area contributed by atoms with E-state index in [4.69, 9.17) is 9.47 Å². The lowest BCUT2D eigenvalue weighted by Crippen LogP contribution is -2.09. The Morgan fingerprint density at radius 3 is 2.84 bits per heavy atom. The van der Waals surface area contributed by atoms with E-state index in [-0.39, 0.29) is 0 Å². The minimum absolute atomic E-state index is 0.309. The smallest absolute Gasteiger partial charge is 0.345 e. The zero-order valence-electron chi connectivity index (χ0n) is 17.1. The normalized spacial score (nSPS) is 11.1. The second kappa shape index (κ2) is 8.88. The minimum Gasteiger partial charge on any atom is -0.493 e. The number of hydrogen-bond donors (Lipinski definition) is 1. The number of fused-ring (bicyclic) bond motifs is 1. The highest BCUT2D eigenvalue weighted by Gasteiger charge is 2.13. The van der Waals surface area contributed by atoms with Crippen molar-refractivity contribution in [3.05, 3.63) is 70.6 Å². The van der Waals surface area contributed by atoms with Gasteiger partial charge < -0.3 is 9.47 Å². The van der Waals surface area contributed by atoms with E-state index in [1.54, 1.807) is 54.1 Å². The summed E-state index contributed by atoms with van der Waals surface area (Å²) in [5, 5.41) is 5.26. The molecule has 4 rings (SSSR count). The molecule has 0 spiro atoms. The van der Waals surface area contributed by atoms with Crippen LogP contribution in [0.15, 0.2) is 54.2 Å². The first-order valence-electron chi connectivity index (χ1n) is 9.37. The average Bonchev–Trinajstić information content (AvgIpc) is 3.09. The van der Waals surface area contributed by atoms with E-state index < -0.39 is 5.97 Å². The predicted molar refractivity (Wildman–Crippen MR) is 120 cm³/mol. The maximum Gasteiger partial charge on any atom is 0.345 e. The molecular formula is C22H19N5O3S. The first kappa shape index (κ1) is 20.4. The number of pyridine rings is 1. The van der Waals surface area contributed by atoms with Crippen LogP contribution in [0.3, 0.4) is 0 Å². The van der Waals surface area contributed by atoms with Gasteiger partial charge in [-0.1, -0.05) is 0 Å². The van der Waals surface area contributed by atoms with Crippen molar-refractivity contribution >= 4 is 39.6 Å². The summed E-state index contributed by atoms with van der Waals surface area (Å²) in [6, 6.07) is 8.46. The van der Waals surface area contributed by atoms with Crippen molar-refractivity contribution in [1.82, 2.24) is 15.0 Å². The molecular weight excluding hydrogens is 414 g/mol. The lowest BCUT2D eigenvalue weighted by atomic mass is 10.2. The molecule has 8 nitrogen and oxygen atoms in total. The molecule has 0 amide bonds. The minimum atomic E-state index is -0.510. The van der Waals surface area contributed by atoms with Crippen molar-refractivity contribution in [2.24, 2.45) is 5.10 Å². The topological polar surface area (TPSA) is 98.6 Å². The van der Waals surface area contributed by atoms with Crippen LogP contribution in [0.1, 0.15) is 26.4 Å². The van der Waals surface area contributed by atoms with E-state index in [1.807, 2.05) is 6.92 Å². The number of anilines is 1. The Kier molecular flexibility index (Phi) is 5.85. The number of benzene rings is 1. The zero-order chi connectivity index (χ0) is 21.8. The van der Waals surface area contributed by atoms with Crippen molar-refractivity contribution in [3.8, 4) is 11.5 Å². The van der Waals surface area contributed by atoms with E-state index in [9.17, 15) is 4.79 Å². The van der Waals surface area contributed by atoms with Gasteiger partial charge in [0.15, 0.2) is 17.3 Å². The maximum atomic E-state index is 12.3. The molecule has 0 atom stereocenters. The highest BCUT2D eigenvalue weighted by molar-refractivity contribution is 7.18. The fourth-order valence-corrected chi connectivity index (χ4v) is 3.92. The molecule has 0 aliphatic carbocycles. The van der Waals surface area contributed by atoms with Crippen molar-refractivity contribution in [1.29, 1.82) is 0 Å². The van der Waals surface area contributed by atoms with Crippen LogP contribution in [0.2, 0.25) is 0 Å². The molecule has 0 fully saturated rings. The fraction of sp³-hybridized carbons (Fsp3) is 0.136. The average molecular weight is 433 g/mol. The highest BCUT2D eigenvalue weighted by atomic mass is 32.1. The van der Waals surface area contributed by atoms with E-state index >= 15 is 0 Å². The zero-order valence-corrected chi connectivity index (χ0v) is 17.9. The number of aromatic nitrogens is 3. The van der Waals surface area contributed by atoms with E-state index in [1.165, 1.54) is 24.5 Å². The molecule has 1 aromatic carbocycles. The first-order chi connectivity index (χ1) is 15.1. The molecule has 0 saturated heterocycles. The number of carbonyl (C=O) groups excluding carboxylic acids is 1. The molecule has 9 heteroatoms. The summed E-state index contributed by atoms with van der Waals surface area (Å²) in [6.45, 7) is 4.10. The number of thiophene rings is 1. The van der Waals surface area contributed by atoms with Gasteiger partial charge in [0, 0.05) is 17.3 Å². The highest BCUT2D eigenvalue weighted by Crippen LogP contribution is 2.32. The summed E-state index contributed by atoms with van der Waals surface area (Å²) in [5.41, 5.74) is 5.24. The maximum absolute atomic E-state index is 12.3. The van der Waals surface area contributed by atoms with Crippen molar-refractivity contribution in [3.63, 3.8) is 0 Å². The van der Waals surface area contributed by atoms with Gasteiger partial charge in [0.25, 0.3) is 0 Å². The van der Waals surface area contributed by atoms with Gasteiger partial charge in [0.1, 0.15) is 11.2 Å². The lowest BCUT2D eigenvalue weighted by molar-refractivity contribution is 0.0729. The van der Waals surface area contributed by atoms with Crippen LogP contribution in [0, 0.1) is 13.8 Å². The molecule has 0 saturated carbocycles. The molecule has 4 aromatic rings. The van der Waals surface area contributed by atoms with Crippen molar-refractivity contribution in [2.75, 3.05) is 12.5 Å². The number of nitrogens with zero attached hydrogens (tertiary/aromatic N) is 4. The molecule has 0 radical (unpaired) electrons. The number of ether oxygens (including phenoxy) is 2. The summed E-state index contributed by atoms with van der Waals surface area (Å²) in [7, 11) is 1.51. The number of esters is 1. The molecule has 0 aliphatic rings. The third kappa shape index (κ3) is 4.36. The van der Waals surface area contributed by atoms with Gasteiger partial charge >= 0.3 is 5.97 Å². The van der Waals surface area contributed by atoms with Crippen LogP contribution in [0.4, 0.5) is 5.82 Å². The number of hydrogen-bond acceptors (Lipinski definition) is 9. The molecule has 0 bridgehead atoms. The van der Waals surface area contributed by atoms with Gasteiger partial charge in [0.2, 0.25) is 0 Å². The Morgan fingerprint density at radius 2 is 2.06 bits per heavy atom. The first-order valence-corrected chi connectivity index (χ1v) is 10.2. The SMILES string of the molecule is COc1cc(/C=N/Nc2ncnc3sc(C)c(C)c23)ccc1OC(=O)c1cccnc1. The Morgan fingerprint density at radius 1 is 1.19 bits per heavy atom. The van der Waals surface area contributed by atoms with Gasteiger partial charge in [-0.15, -0.1) is 11.3 Å². The molecule has 3 heterocycles. The third-order valence-corrected chi connectivity index (χ3v) is 5.75. The predicted octanol–water partition coefficient (Wildman–Crippen LogP) is 4.38. The third-order valence-electron chi connectivity index (χ3n) is 4.64. The van der Waals surface area contributed by atoms with Crippen LogP contribution in [0.5, 0.6) is 11.5 Å². The van der Waals surface area contributed by atoms with Gasteiger partial charge in [-0.25, -0.2) is 14.8 Å². The summed E-state index contributed by atoms with van der Waals surface area (Å²) in [4.78, 5) is 26.9. The Hall–Kier alpha value is -3.85. The summed E-state index contributed by atoms with van der Waals surface area (Å²) >= 11 is 1.63. The summed E-state index contributed by atoms with van der Waals surface area (Å²) in [5.74, 6) is 0.860. The van der Waals surface area contributed by atoms with Gasteiger partial charge in [0.05, 0.1) is 24.3 Å². The van der Waals surface area contributed by atoms with Gasteiger partial charge in [-0.3, -0.25) is 10.4 Å². The largest absolute Gasteiger partial charge is 0.493 e. The number of nitrogens with one attached hydrogen (secondary N) is 1. The molecule has 3 aromatic heterocycles. The van der Waals surface area contributed by atoms with Crippen molar-refractivity contribution in [2.45, 2.75) is 13.8 Å². The van der Waals surface area contributed by atoms with Crippen LogP contribution in [-0.2, 0) is 0 Å². The van der Waals surface area contributed by atoms with Crippen LogP contribution >= 0.6 is 11.3 Å². The quantitative estimate of drug-likeness (QED) is 0.209. The van der Waals surface area contributed by atoms with E-state index in [0.717, 1.165) is 21.3 Å². The van der Waals surface area contributed by atoms with Gasteiger partial charge in [-0.05, 0) is 55.3 Å². The molecule has 0 unspecified atom stereocenters. The fourth-order valence-electron chi connectivity index (χ4n) is 2.93. The Labute approximate surface area is 182 Å². The number of carbonyl (C=O) groups is 1. The standard InChI is InChI=1S/C22H19N5O3S/c1-13-14(2)31-21-19(13)20(24-12-25-21)27-26-10-15-6-7-17(18(9-15)29-3)30-22(28)16-5-4-8-23-11-16/h4-12H,1-3H3,(H,24,25,27)/b26-10+. The van der Waals surface area contributed by atoms with Crippen LogP contribution < -0.4 is 14.9 Å². The number of hydrazone groups is 1. The van der Waals surface area contributed by atoms with Crippen LogP contribution in [-0.4, -0.2) is 34.2 Å². The number of aryl methyl sites for hydroxylation is 2. The molecule has 1 N–H and O–H groups in total. The second-order valence-corrected chi connectivity index (χ2v) is 7.80. The lowest BCUT2D eigenvalue weighted by Gasteiger charge is -2.09. The summed E-state index contributed by atoms with van der Waals surface area (Å²) in [6.07, 6.45) is 6.19. The Balaban J connectivity index is 1.51. The van der Waals surface area contributed by atoms with E-state index in [2.05, 4.69) is 32.4 Å². The molecule has 156 valence electrons. The Bertz CT molecular complexity index is 1270. The summed E-state index contributed by atoms with van der Waals surface area (Å²) < 4.78 is 10.8. The van der Waals surface area contributed by atoms with E-state index in [0.29, 0.717) is 22.9 Å². The molecule has 0 aliphatic heterocycles. The number of methoxy groups -OCH3 is 1. The monoisotopic (exact) mass is 433 g/mol. The van der Waals surface area contributed by atoms with Gasteiger partial charge in [-0.2, -0.15) is 5.10 Å². The van der Waals surface area contributed by atoms with Crippen LogP contribution in [0.25, 0.3) is 10.2 Å².